The molecule has 1 aliphatic rings. The fourth-order valence-corrected chi connectivity index (χ4v) is 3.09. The molecule has 4 amide bonds. The summed E-state index contributed by atoms with van der Waals surface area (Å²) >= 11 is 0. The highest BCUT2D eigenvalue weighted by Crippen LogP contribution is 2.26. The third kappa shape index (κ3) is 5.56. The molecular weight excluding hydrogens is 480 g/mol. The number of halogens is 4. The first kappa shape index (κ1) is 23.7. The Labute approximate surface area is 193 Å². The minimum absolute atomic E-state index is 0.0644. The van der Waals surface area contributed by atoms with Gasteiger partial charge in [-0.1, -0.05) is 0 Å². The van der Waals surface area contributed by atoms with Gasteiger partial charge in [0.05, 0.1) is 17.3 Å². The number of hydrogen-bond acceptors (Lipinski definition) is 7. The number of rotatable bonds is 7. The van der Waals surface area contributed by atoms with Gasteiger partial charge in [-0.3, -0.25) is 15.4 Å². The fraction of sp³-hybridized carbons (Fsp3) is 0.250. The molecule has 3 heterocycles. The summed E-state index contributed by atoms with van der Waals surface area (Å²) in [6.07, 6.45) is 1.36. The third-order valence-corrected chi connectivity index (χ3v) is 4.74. The van der Waals surface area contributed by atoms with E-state index in [-0.39, 0.29) is 23.6 Å². The van der Waals surface area contributed by atoms with Crippen LogP contribution in [0, 0.1) is 11.6 Å². The summed E-state index contributed by atoms with van der Waals surface area (Å²) in [6.45, 7) is -2.72. The number of amides is 4. The molecule has 0 bridgehead atoms. The smallest absolute Gasteiger partial charge is 0.411 e. The second-order valence-electron chi connectivity index (χ2n) is 7.35. The van der Waals surface area contributed by atoms with Crippen LogP contribution >= 0.6 is 0 Å². The lowest BCUT2D eigenvalue weighted by Gasteiger charge is -2.22. The van der Waals surface area contributed by atoms with E-state index in [1.54, 1.807) is 0 Å². The summed E-state index contributed by atoms with van der Waals surface area (Å²) in [5, 5.41) is 10.6. The number of imide groups is 1. The van der Waals surface area contributed by atoms with Crippen LogP contribution in [-0.2, 0) is 9.53 Å². The molecule has 1 fully saturated rings. The first-order chi connectivity index (χ1) is 16.6. The average Bonchev–Trinajstić information content (AvgIpc) is 3.27. The van der Waals surface area contributed by atoms with E-state index in [0.717, 1.165) is 12.1 Å². The first-order valence-electron chi connectivity index (χ1n) is 9.94. The van der Waals surface area contributed by atoms with Crippen LogP contribution in [0.1, 0.15) is 11.6 Å². The van der Waals surface area contributed by atoms with Crippen molar-refractivity contribution in [2.24, 2.45) is 0 Å². The van der Waals surface area contributed by atoms with Crippen molar-refractivity contribution in [1.82, 2.24) is 25.2 Å². The highest BCUT2D eigenvalue weighted by molar-refractivity contribution is 6.00. The molecule has 11 nitrogen and oxygen atoms in total. The number of nitrogens with one attached hydrogen (secondary N) is 3. The largest absolute Gasteiger partial charge is 0.483 e. The minimum atomic E-state index is -3.68. The topological polar surface area (TPSA) is 136 Å². The molecule has 1 aromatic carbocycles. The number of carbonyl (C=O) groups excluding carboxylic acids is 3. The Balaban J connectivity index is 1.40. The normalized spacial score (nSPS) is 15.9. The molecule has 3 N–H and O–H groups in total. The fourth-order valence-electron chi connectivity index (χ4n) is 3.09. The number of fused-ring (bicyclic) bond motifs is 1. The van der Waals surface area contributed by atoms with Crippen LogP contribution in [0.15, 0.2) is 36.7 Å². The second kappa shape index (κ2) is 9.44. The first-order valence-corrected chi connectivity index (χ1v) is 9.94. The zero-order chi connectivity index (χ0) is 25.2. The van der Waals surface area contributed by atoms with Gasteiger partial charge < -0.3 is 14.8 Å². The van der Waals surface area contributed by atoms with E-state index in [4.69, 9.17) is 4.74 Å². The number of hydrogen-bond donors (Lipinski definition) is 3. The number of imidazole rings is 1. The maximum absolute atomic E-state index is 14.3. The Hall–Kier alpha value is -4.43. The number of ether oxygens (including phenoxy) is 2. The molecular formula is C20H16F4N6O5. The van der Waals surface area contributed by atoms with Crippen LogP contribution in [0.5, 0.6) is 5.75 Å². The van der Waals surface area contributed by atoms with Crippen molar-refractivity contribution in [2.45, 2.75) is 11.8 Å². The van der Waals surface area contributed by atoms with Gasteiger partial charge in [0.15, 0.2) is 24.6 Å². The van der Waals surface area contributed by atoms with Crippen molar-refractivity contribution in [1.29, 1.82) is 0 Å². The highest BCUT2D eigenvalue weighted by atomic mass is 19.3. The van der Waals surface area contributed by atoms with Gasteiger partial charge in [0.1, 0.15) is 11.6 Å². The number of aromatic nitrogens is 3. The summed E-state index contributed by atoms with van der Waals surface area (Å²) in [5.41, 5.74) is -0.247. The number of carbonyl (C=O) groups is 3. The van der Waals surface area contributed by atoms with Gasteiger partial charge in [0.2, 0.25) is 5.91 Å². The average molecular weight is 496 g/mol. The Kier molecular flexibility index (Phi) is 6.40. The predicted molar refractivity (Wildman–Crippen MR) is 109 cm³/mol. The van der Waals surface area contributed by atoms with E-state index in [9.17, 15) is 31.9 Å². The monoisotopic (exact) mass is 496 g/mol. The number of urea groups is 1. The third-order valence-electron chi connectivity index (χ3n) is 4.74. The van der Waals surface area contributed by atoms with Gasteiger partial charge >= 0.3 is 18.0 Å². The summed E-state index contributed by atoms with van der Waals surface area (Å²) in [4.78, 5) is 39.1. The van der Waals surface area contributed by atoms with Crippen molar-refractivity contribution in [3.63, 3.8) is 0 Å². The van der Waals surface area contributed by atoms with Crippen LogP contribution in [0.4, 0.5) is 32.8 Å². The molecule has 0 saturated carbocycles. The predicted octanol–water partition coefficient (Wildman–Crippen LogP) is 2.19. The summed E-state index contributed by atoms with van der Waals surface area (Å²) in [7, 11) is 0. The molecule has 1 atom stereocenters. The van der Waals surface area contributed by atoms with E-state index < -0.39 is 60.4 Å². The van der Waals surface area contributed by atoms with E-state index in [1.165, 1.54) is 23.0 Å². The van der Waals surface area contributed by atoms with Crippen molar-refractivity contribution >= 4 is 29.4 Å². The van der Waals surface area contributed by atoms with E-state index in [2.05, 4.69) is 25.5 Å². The molecule has 0 aliphatic carbocycles. The molecule has 4 rings (SSSR count). The minimum Gasteiger partial charge on any atom is -0.483 e. The summed E-state index contributed by atoms with van der Waals surface area (Å²) in [5.74, 6) is -7.34. The number of anilines is 1. The molecule has 0 spiro atoms. The van der Waals surface area contributed by atoms with E-state index >= 15 is 0 Å². The zero-order valence-electron chi connectivity index (χ0n) is 17.6. The lowest BCUT2D eigenvalue weighted by molar-refractivity contribution is -0.122. The lowest BCUT2D eigenvalue weighted by Crippen LogP contribution is -2.51. The van der Waals surface area contributed by atoms with Crippen molar-refractivity contribution in [3.05, 3.63) is 54.0 Å². The van der Waals surface area contributed by atoms with Crippen molar-refractivity contribution in [3.8, 4) is 5.75 Å². The Bertz CT molecular complexity index is 1300. The van der Waals surface area contributed by atoms with Crippen molar-refractivity contribution in [2.75, 3.05) is 25.1 Å². The van der Waals surface area contributed by atoms with E-state index in [1.807, 2.05) is 5.32 Å². The molecule has 184 valence electrons. The van der Waals surface area contributed by atoms with Crippen LogP contribution in [0.25, 0.3) is 5.65 Å². The Morgan fingerprint density at radius 2 is 2.03 bits per heavy atom. The quantitative estimate of drug-likeness (QED) is 0.427. The highest BCUT2D eigenvalue weighted by Gasteiger charge is 2.34. The molecule has 1 saturated heterocycles. The molecule has 2 aromatic heterocycles. The van der Waals surface area contributed by atoms with Crippen LogP contribution < -0.4 is 20.7 Å². The maximum atomic E-state index is 14.3. The number of benzene rings is 1. The van der Waals surface area contributed by atoms with Crippen molar-refractivity contribution < 1.29 is 41.4 Å². The summed E-state index contributed by atoms with van der Waals surface area (Å²) < 4.78 is 66.0. The van der Waals surface area contributed by atoms with E-state index in [0.29, 0.717) is 6.07 Å². The summed E-state index contributed by atoms with van der Waals surface area (Å²) in [6, 6.07) is 2.85. The van der Waals surface area contributed by atoms with Crippen LogP contribution in [0.3, 0.4) is 0 Å². The van der Waals surface area contributed by atoms with Crippen LogP contribution in [-0.4, -0.2) is 58.3 Å². The van der Waals surface area contributed by atoms with Gasteiger partial charge in [0, 0.05) is 31.1 Å². The standard InChI is InChI=1S/C20H16F4N6O5/c21-10-1-2-13(12(22)5-10)27-19(33)35-9-20(23,24)8-34-15-6-14(29-30-4-3-25-16(15)30)11-7-26-18(32)28-17(11)31/h1-6,11H,7-9H2,(H,27,33)(H2,26,28,31,32). The number of alkyl halides is 2. The molecule has 1 aliphatic heterocycles. The SMILES string of the molecule is O=C1NCC(c2cc(OCC(F)(F)COC(=O)Nc3ccc(F)cc3F)c3nccn3n2)C(=O)N1. The van der Waals surface area contributed by atoms with Crippen LogP contribution in [0.2, 0.25) is 0 Å². The maximum Gasteiger partial charge on any atom is 0.411 e. The Morgan fingerprint density at radius 1 is 1.23 bits per heavy atom. The van der Waals surface area contributed by atoms with Gasteiger partial charge in [0.25, 0.3) is 0 Å². The van der Waals surface area contributed by atoms with Gasteiger partial charge in [-0.15, -0.1) is 0 Å². The molecule has 1 unspecified atom stereocenters. The molecule has 3 aromatic rings. The zero-order valence-corrected chi connectivity index (χ0v) is 17.6. The Morgan fingerprint density at radius 3 is 2.77 bits per heavy atom. The number of nitrogens with zero attached hydrogens (tertiary/aromatic N) is 3. The van der Waals surface area contributed by atoms with Gasteiger partial charge in [-0.2, -0.15) is 13.9 Å². The van der Waals surface area contributed by atoms with Gasteiger partial charge in [-0.25, -0.2) is 27.9 Å². The van der Waals surface area contributed by atoms with Gasteiger partial charge in [-0.05, 0) is 12.1 Å². The molecule has 0 radical (unpaired) electrons. The molecule has 35 heavy (non-hydrogen) atoms. The second-order valence-corrected chi connectivity index (χ2v) is 7.35. The lowest BCUT2D eigenvalue weighted by atomic mass is 10.0. The molecule has 15 heteroatoms.